The zero-order valence-corrected chi connectivity index (χ0v) is 14.1. The van der Waals surface area contributed by atoms with Crippen molar-refractivity contribution in [2.75, 3.05) is 19.8 Å². The van der Waals surface area contributed by atoms with Gasteiger partial charge in [0.2, 0.25) is 10.0 Å². The largest absolute Gasteiger partial charge is 0.378 e. The van der Waals surface area contributed by atoms with Crippen molar-refractivity contribution >= 4 is 21.4 Å². The molecule has 0 amide bonds. The van der Waals surface area contributed by atoms with E-state index in [-0.39, 0.29) is 0 Å². The van der Waals surface area contributed by atoms with E-state index in [0.717, 1.165) is 4.88 Å². The van der Waals surface area contributed by atoms with E-state index in [1.807, 2.05) is 19.2 Å². The maximum absolute atomic E-state index is 13.0. The van der Waals surface area contributed by atoms with Gasteiger partial charge in [0.25, 0.3) is 0 Å². The summed E-state index contributed by atoms with van der Waals surface area (Å²) in [5.74, 6) is 0. The number of nitrogens with zero attached hydrogens (tertiary/aromatic N) is 1. The van der Waals surface area contributed by atoms with Gasteiger partial charge in [0.1, 0.15) is 0 Å². The van der Waals surface area contributed by atoms with Crippen molar-refractivity contribution in [1.29, 1.82) is 0 Å². The van der Waals surface area contributed by atoms with Crippen LogP contribution in [-0.4, -0.2) is 44.1 Å². The summed E-state index contributed by atoms with van der Waals surface area (Å²) < 4.78 is 33.0. The molecule has 0 bridgehead atoms. The van der Waals surface area contributed by atoms with E-state index in [1.165, 1.54) is 24.2 Å². The van der Waals surface area contributed by atoms with Crippen LogP contribution in [0.3, 0.4) is 0 Å². The minimum Gasteiger partial charge on any atom is -0.378 e. The molecule has 0 aromatic carbocycles. The van der Waals surface area contributed by atoms with Crippen LogP contribution in [-0.2, 0) is 21.3 Å². The van der Waals surface area contributed by atoms with E-state index in [9.17, 15) is 8.42 Å². The van der Waals surface area contributed by atoms with Crippen LogP contribution >= 0.6 is 11.3 Å². The highest BCUT2D eigenvalue weighted by Crippen LogP contribution is 2.32. The van der Waals surface area contributed by atoms with Gasteiger partial charge in [-0.3, -0.25) is 0 Å². The van der Waals surface area contributed by atoms with Gasteiger partial charge in [-0.05, 0) is 38.1 Å². The van der Waals surface area contributed by atoms with Gasteiger partial charge in [0.15, 0.2) is 0 Å². The van der Waals surface area contributed by atoms with Crippen molar-refractivity contribution < 1.29 is 13.2 Å². The third kappa shape index (κ3) is 3.17. The molecule has 0 unspecified atom stereocenters. The Kier molecular flexibility index (Phi) is 4.13. The van der Waals surface area contributed by atoms with Crippen LogP contribution in [0, 0.1) is 0 Å². The Balaban J connectivity index is 1.85. The molecular weight excluding hydrogens is 308 g/mol. The van der Waals surface area contributed by atoms with E-state index in [0.29, 0.717) is 37.2 Å². The molecule has 1 saturated carbocycles. The zero-order valence-electron chi connectivity index (χ0n) is 12.5. The van der Waals surface area contributed by atoms with Gasteiger partial charge in [-0.15, -0.1) is 11.3 Å². The summed E-state index contributed by atoms with van der Waals surface area (Å²) in [4.78, 5) is 1.36. The lowest BCUT2D eigenvalue weighted by Gasteiger charge is -2.40. The molecular formula is C14H22N2O3S2. The van der Waals surface area contributed by atoms with Gasteiger partial charge in [0, 0.05) is 24.0 Å². The van der Waals surface area contributed by atoms with E-state index >= 15 is 0 Å². The van der Waals surface area contributed by atoms with Crippen molar-refractivity contribution in [3.8, 4) is 0 Å². The maximum atomic E-state index is 13.0. The molecule has 7 heteroatoms. The van der Waals surface area contributed by atoms with Crippen LogP contribution < -0.4 is 5.32 Å². The molecule has 1 N–H and O–H groups in total. The Morgan fingerprint density at radius 3 is 2.90 bits per heavy atom. The quantitative estimate of drug-likeness (QED) is 0.894. The predicted molar refractivity (Wildman–Crippen MR) is 83.0 cm³/mol. The number of sulfonamides is 1. The first-order chi connectivity index (χ1) is 9.91. The Morgan fingerprint density at radius 1 is 1.48 bits per heavy atom. The van der Waals surface area contributed by atoms with Gasteiger partial charge in [0.05, 0.1) is 23.6 Å². The second-order valence-electron chi connectivity index (χ2n) is 6.31. The molecule has 5 nitrogen and oxygen atoms in total. The molecule has 0 atom stereocenters. The molecule has 0 radical (unpaired) electrons. The number of hydrogen-bond donors (Lipinski definition) is 1. The fourth-order valence-corrected chi connectivity index (χ4v) is 5.74. The first-order valence-electron chi connectivity index (χ1n) is 7.31. The molecule has 1 saturated heterocycles. The highest BCUT2D eigenvalue weighted by molar-refractivity contribution is 7.89. The Bertz CT molecular complexity index is 605. The van der Waals surface area contributed by atoms with Gasteiger partial charge in [-0.2, -0.15) is 4.31 Å². The van der Waals surface area contributed by atoms with E-state index in [2.05, 4.69) is 5.32 Å². The van der Waals surface area contributed by atoms with Crippen molar-refractivity contribution in [1.82, 2.24) is 9.62 Å². The second kappa shape index (κ2) is 5.62. The molecule has 2 heterocycles. The minimum atomic E-state index is -3.46. The lowest BCUT2D eigenvalue weighted by atomic mass is 10.1. The fourth-order valence-electron chi connectivity index (χ4n) is 2.62. The van der Waals surface area contributed by atoms with Crippen LogP contribution in [0.25, 0.3) is 0 Å². The van der Waals surface area contributed by atoms with Crippen molar-refractivity contribution in [3.63, 3.8) is 0 Å². The van der Waals surface area contributed by atoms with E-state index in [1.54, 1.807) is 10.4 Å². The first kappa shape index (κ1) is 15.4. The summed E-state index contributed by atoms with van der Waals surface area (Å²) in [5.41, 5.74) is -0.500. The number of rotatable bonds is 5. The lowest BCUT2D eigenvalue weighted by Crippen LogP contribution is -2.55. The molecule has 118 valence electrons. The van der Waals surface area contributed by atoms with Crippen molar-refractivity contribution in [2.45, 2.75) is 49.7 Å². The third-order valence-corrected chi connectivity index (χ3v) is 7.22. The standard InChI is InChI=1S/C14H22N2O3S2/c1-14(2)10-19-7-6-16(14)21(17,18)13-5-8-20-12(13)9-15-11-3-4-11/h5,8,11,15H,3-4,6-7,9-10H2,1-2H3. The molecule has 2 fully saturated rings. The van der Waals surface area contributed by atoms with Gasteiger partial charge in [-0.1, -0.05) is 0 Å². The van der Waals surface area contributed by atoms with Crippen molar-refractivity contribution in [3.05, 3.63) is 16.3 Å². The molecule has 1 aliphatic carbocycles. The Hall–Kier alpha value is -0.470. The van der Waals surface area contributed by atoms with Crippen LogP contribution in [0.2, 0.25) is 0 Å². The normalized spacial score (nSPS) is 23.3. The average Bonchev–Trinajstić information content (AvgIpc) is 3.11. The molecule has 1 aromatic heterocycles. The first-order valence-corrected chi connectivity index (χ1v) is 9.63. The number of nitrogens with one attached hydrogen (secondary N) is 1. The van der Waals surface area contributed by atoms with Gasteiger partial charge < -0.3 is 10.1 Å². The molecule has 1 aliphatic heterocycles. The summed E-state index contributed by atoms with van der Waals surface area (Å²) in [7, 11) is -3.46. The second-order valence-corrected chi connectivity index (χ2v) is 9.14. The molecule has 0 spiro atoms. The number of hydrogen-bond acceptors (Lipinski definition) is 5. The zero-order chi connectivity index (χ0) is 15.1. The summed E-state index contributed by atoms with van der Waals surface area (Å²) in [6.45, 7) is 5.78. The smallest absolute Gasteiger partial charge is 0.244 e. The average molecular weight is 330 g/mol. The van der Waals surface area contributed by atoms with Crippen LogP contribution in [0.4, 0.5) is 0 Å². The van der Waals surface area contributed by atoms with Gasteiger partial charge in [-0.25, -0.2) is 8.42 Å². The summed E-state index contributed by atoms with van der Waals surface area (Å²) >= 11 is 1.51. The fraction of sp³-hybridized carbons (Fsp3) is 0.714. The van der Waals surface area contributed by atoms with E-state index < -0.39 is 15.6 Å². The molecule has 1 aromatic rings. The summed E-state index contributed by atoms with van der Waals surface area (Å²) in [6, 6.07) is 2.30. The monoisotopic (exact) mass is 330 g/mol. The van der Waals surface area contributed by atoms with Crippen LogP contribution in [0.1, 0.15) is 31.6 Å². The number of thiophene rings is 1. The van der Waals surface area contributed by atoms with Crippen molar-refractivity contribution in [2.24, 2.45) is 0 Å². The van der Waals surface area contributed by atoms with E-state index in [4.69, 9.17) is 4.74 Å². The molecule has 3 rings (SSSR count). The number of morpholine rings is 1. The lowest BCUT2D eigenvalue weighted by molar-refractivity contribution is -0.00771. The maximum Gasteiger partial charge on any atom is 0.244 e. The minimum absolute atomic E-state index is 0.417. The molecule has 21 heavy (non-hydrogen) atoms. The van der Waals surface area contributed by atoms with Gasteiger partial charge >= 0.3 is 0 Å². The topological polar surface area (TPSA) is 58.6 Å². The summed E-state index contributed by atoms with van der Waals surface area (Å²) in [6.07, 6.45) is 2.40. The third-order valence-electron chi connectivity index (χ3n) is 3.97. The predicted octanol–water partition coefficient (Wildman–Crippen LogP) is 1.80. The highest BCUT2D eigenvalue weighted by Gasteiger charge is 2.40. The van der Waals surface area contributed by atoms with Crippen LogP contribution in [0.5, 0.6) is 0 Å². The summed E-state index contributed by atoms with van der Waals surface area (Å²) in [5, 5.41) is 5.26. The van der Waals surface area contributed by atoms with Crippen LogP contribution in [0.15, 0.2) is 16.3 Å². The Labute approximate surface area is 130 Å². The number of ether oxygens (including phenoxy) is 1. The Morgan fingerprint density at radius 2 is 2.24 bits per heavy atom. The highest BCUT2D eigenvalue weighted by atomic mass is 32.2. The molecule has 2 aliphatic rings. The SMILES string of the molecule is CC1(C)COCCN1S(=O)(=O)c1ccsc1CNC1CC1.